The van der Waals surface area contributed by atoms with Gasteiger partial charge < -0.3 is 5.32 Å². The number of hydrogen-bond acceptors (Lipinski definition) is 1. The molecule has 19 heavy (non-hydrogen) atoms. The minimum absolute atomic E-state index is 0.0365. The maximum atomic E-state index is 13.3. The van der Waals surface area contributed by atoms with Gasteiger partial charge in [-0.2, -0.15) is 0 Å². The smallest absolute Gasteiger partial charge is 0.123 e. The van der Waals surface area contributed by atoms with Crippen molar-refractivity contribution >= 4 is 33.2 Å². The molecule has 0 aliphatic rings. The lowest BCUT2D eigenvalue weighted by atomic mass is 10.0. The second kappa shape index (κ2) is 6.40. The summed E-state index contributed by atoms with van der Waals surface area (Å²) in [6.07, 6.45) is 0.843. The molecule has 0 aromatic heterocycles. The number of rotatable bonds is 4. The summed E-state index contributed by atoms with van der Waals surface area (Å²) >= 11 is 9.55. The molecule has 0 aliphatic carbocycles. The van der Waals surface area contributed by atoms with Gasteiger partial charge in [0.15, 0.2) is 0 Å². The molecule has 0 bridgehead atoms. The molecule has 1 atom stereocenters. The van der Waals surface area contributed by atoms with Crippen LogP contribution in [0.25, 0.3) is 0 Å². The first-order chi connectivity index (χ1) is 9.10. The highest BCUT2D eigenvalue weighted by molar-refractivity contribution is 9.10. The van der Waals surface area contributed by atoms with Crippen molar-refractivity contribution in [1.29, 1.82) is 0 Å². The molecular formula is C15H14BrClFN. The second-order valence-electron chi connectivity index (χ2n) is 4.28. The summed E-state index contributed by atoms with van der Waals surface area (Å²) < 4.78 is 14.2. The average Bonchev–Trinajstić information content (AvgIpc) is 2.38. The molecule has 0 fully saturated rings. The summed E-state index contributed by atoms with van der Waals surface area (Å²) in [5.41, 5.74) is 1.77. The number of nitrogens with one attached hydrogen (secondary N) is 1. The van der Waals surface area contributed by atoms with Crippen LogP contribution in [0.15, 0.2) is 46.9 Å². The molecule has 1 nitrogen and oxygen atoms in total. The van der Waals surface area contributed by atoms with E-state index < -0.39 is 0 Å². The van der Waals surface area contributed by atoms with Gasteiger partial charge in [-0.05, 0) is 42.3 Å². The van der Waals surface area contributed by atoms with E-state index in [9.17, 15) is 4.39 Å². The summed E-state index contributed by atoms with van der Waals surface area (Å²) in [5.74, 6) is -0.223. The summed E-state index contributed by atoms with van der Waals surface area (Å²) in [5, 5.41) is 3.99. The van der Waals surface area contributed by atoms with Crippen molar-refractivity contribution in [2.75, 3.05) is 5.32 Å². The van der Waals surface area contributed by atoms with Gasteiger partial charge in [0, 0.05) is 4.47 Å². The first kappa shape index (κ1) is 14.4. The van der Waals surface area contributed by atoms with Crippen LogP contribution in [-0.4, -0.2) is 0 Å². The Morgan fingerprint density at radius 2 is 2.05 bits per heavy atom. The standard InChI is InChI=1S/C15H14BrClFN/c1-2-14(10-4-3-5-12(18)8-10)19-15-7-6-11(16)9-13(15)17/h3-9,14,19H,2H2,1H3. The van der Waals surface area contributed by atoms with Crippen molar-refractivity contribution in [2.45, 2.75) is 19.4 Å². The number of hydrogen-bond donors (Lipinski definition) is 1. The van der Waals surface area contributed by atoms with E-state index in [1.54, 1.807) is 12.1 Å². The van der Waals surface area contributed by atoms with Gasteiger partial charge in [-0.25, -0.2) is 4.39 Å². The fraction of sp³-hybridized carbons (Fsp3) is 0.200. The van der Waals surface area contributed by atoms with Crippen molar-refractivity contribution in [1.82, 2.24) is 0 Å². The Morgan fingerprint density at radius 3 is 2.68 bits per heavy atom. The van der Waals surface area contributed by atoms with Crippen molar-refractivity contribution in [2.24, 2.45) is 0 Å². The van der Waals surface area contributed by atoms with Crippen molar-refractivity contribution in [3.8, 4) is 0 Å². The predicted molar refractivity (Wildman–Crippen MR) is 82.2 cm³/mol. The van der Waals surface area contributed by atoms with E-state index in [1.165, 1.54) is 6.07 Å². The summed E-state index contributed by atoms with van der Waals surface area (Å²) in [6, 6.07) is 12.3. The SMILES string of the molecule is CCC(Nc1ccc(Br)cc1Cl)c1cccc(F)c1. The van der Waals surface area contributed by atoms with E-state index in [0.29, 0.717) is 5.02 Å². The molecule has 2 aromatic carbocycles. The molecular weight excluding hydrogens is 329 g/mol. The molecule has 0 saturated heterocycles. The first-order valence-electron chi connectivity index (χ1n) is 6.07. The molecule has 0 saturated carbocycles. The fourth-order valence-corrected chi connectivity index (χ4v) is 2.67. The Hall–Kier alpha value is -1.06. The van der Waals surface area contributed by atoms with E-state index in [1.807, 2.05) is 24.3 Å². The Morgan fingerprint density at radius 1 is 1.26 bits per heavy atom. The van der Waals surface area contributed by atoms with Gasteiger partial charge in [-0.15, -0.1) is 0 Å². The van der Waals surface area contributed by atoms with Gasteiger partial charge in [-0.3, -0.25) is 0 Å². The Bertz CT molecular complexity index is 574. The fourth-order valence-electron chi connectivity index (χ4n) is 1.94. The van der Waals surface area contributed by atoms with E-state index >= 15 is 0 Å². The number of anilines is 1. The van der Waals surface area contributed by atoms with Gasteiger partial charge >= 0.3 is 0 Å². The minimum Gasteiger partial charge on any atom is -0.377 e. The lowest BCUT2D eigenvalue weighted by molar-refractivity contribution is 0.621. The van der Waals surface area contributed by atoms with Crippen LogP contribution < -0.4 is 5.32 Å². The molecule has 1 N–H and O–H groups in total. The quantitative estimate of drug-likeness (QED) is 0.740. The molecule has 2 rings (SSSR count). The van der Waals surface area contributed by atoms with Gasteiger partial charge in [0.05, 0.1) is 16.8 Å². The third-order valence-corrected chi connectivity index (χ3v) is 3.73. The highest BCUT2D eigenvalue weighted by Gasteiger charge is 2.11. The van der Waals surface area contributed by atoms with Crippen LogP contribution >= 0.6 is 27.5 Å². The molecule has 0 amide bonds. The molecule has 4 heteroatoms. The second-order valence-corrected chi connectivity index (χ2v) is 5.61. The summed E-state index contributed by atoms with van der Waals surface area (Å²) in [7, 11) is 0. The Labute approximate surface area is 125 Å². The maximum absolute atomic E-state index is 13.3. The van der Waals surface area contributed by atoms with Crippen LogP contribution in [0, 0.1) is 5.82 Å². The van der Waals surface area contributed by atoms with Crippen molar-refractivity contribution in [3.63, 3.8) is 0 Å². The normalized spacial score (nSPS) is 12.2. The van der Waals surface area contributed by atoms with Gasteiger partial charge in [0.2, 0.25) is 0 Å². The highest BCUT2D eigenvalue weighted by atomic mass is 79.9. The number of halogens is 3. The summed E-state index contributed by atoms with van der Waals surface area (Å²) in [4.78, 5) is 0. The Kier molecular flexibility index (Phi) is 4.83. The zero-order chi connectivity index (χ0) is 13.8. The van der Waals surface area contributed by atoms with Crippen LogP contribution in [0.4, 0.5) is 10.1 Å². The molecule has 1 unspecified atom stereocenters. The van der Waals surface area contributed by atoms with Crippen LogP contribution in [0.2, 0.25) is 5.02 Å². The lowest BCUT2D eigenvalue weighted by Crippen LogP contribution is -2.10. The van der Waals surface area contributed by atoms with Crippen LogP contribution in [0.5, 0.6) is 0 Å². The zero-order valence-electron chi connectivity index (χ0n) is 10.5. The minimum atomic E-state index is -0.223. The van der Waals surface area contributed by atoms with Crippen LogP contribution in [0.3, 0.4) is 0 Å². The molecule has 0 aliphatic heterocycles. The first-order valence-corrected chi connectivity index (χ1v) is 7.24. The molecule has 0 heterocycles. The monoisotopic (exact) mass is 341 g/mol. The van der Waals surface area contributed by atoms with Crippen molar-refractivity contribution < 1.29 is 4.39 Å². The van der Waals surface area contributed by atoms with E-state index in [4.69, 9.17) is 11.6 Å². The third kappa shape index (κ3) is 3.71. The number of benzene rings is 2. The third-order valence-electron chi connectivity index (χ3n) is 2.92. The van der Waals surface area contributed by atoms with E-state index in [0.717, 1.165) is 22.1 Å². The zero-order valence-corrected chi connectivity index (χ0v) is 12.8. The summed E-state index contributed by atoms with van der Waals surface area (Å²) in [6.45, 7) is 2.05. The largest absolute Gasteiger partial charge is 0.377 e. The molecule has 0 radical (unpaired) electrons. The van der Waals surface area contributed by atoms with Gasteiger partial charge in [-0.1, -0.05) is 46.6 Å². The van der Waals surface area contributed by atoms with Crippen LogP contribution in [0.1, 0.15) is 24.9 Å². The lowest BCUT2D eigenvalue weighted by Gasteiger charge is -2.19. The predicted octanol–water partition coefficient (Wildman–Crippen LogP) is 5.80. The highest BCUT2D eigenvalue weighted by Crippen LogP contribution is 2.30. The maximum Gasteiger partial charge on any atom is 0.123 e. The Balaban J connectivity index is 2.24. The molecule has 2 aromatic rings. The van der Waals surface area contributed by atoms with E-state index in [2.05, 4.69) is 28.2 Å². The van der Waals surface area contributed by atoms with Crippen LogP contribution in [-0.2, 0) is 0 Å². The molecule has 100 valence electrons. The van der Waals surface area contributed by atoms with Gasteiger partial charge in [0.1, 0.15) is 5.82 Å². The van der Waals surface area contributed by atoms with Gasteiger partial charge in [0.25, 0.3) is 0 Å². The molecule has 0 spiro atoms. The van der Waals surface area contributed by atoms with Crippen molar-refractivity contribution in [3.05, 3.63) is 63.3 Å². The van der Waals surface area contributed by atoms with E-state index in [-0.39, 0.29) is 11.9 Å². The average molecular weight is 343 g/mol. The topological polar surface area (TPSA) is 12.0 Å².